The number of hydrogen-bond acceptors (Lipinski definition) is 6. The lowest BCUT2D eigenvalue weighted by atomic mass is 10.1. The van der Waals surface area contributed by atoms with Crippen molar-refractivity contribution in [1.82, 2.24) is 19.9 Å². The van der Waals surface area contributed by atoms with Gasteiger partial charge in [0, 0.05) is 41.1 Å². The van der Waals surface area contributed by atoms with Crippen molar-refractivity contribution in [3.05, 3.63) is 90.6 Å². The van der Waals surface area contributed by atoms with Crippen molar-refractivity contribution in [2.45, 2.75) is 6.92 Å². The summed E-state index contributed by atoms with van der Waals surface area (Å²) in [5.41, 5.74) is 4.60. The highest BCUT2D eigenvalue weighted by Crippen LogP contribution is 2.24. The van der Waals surface area contributed by atoms with E-state index in [1.807, 2.05) is 43.3 Å². The van der Waals surface area contributed by atoms with E-state index in [-0.39, 0.29) is 5.91 Å². The minimum absolute atomic E-state index is 0.164. The average Bonchev–Trinajstić information content (AvgIpc) is 2.77. The molecule has 0 fully saturated rings. The first-order valence-corrected chi connectivity index (χ1v) is 9.01. The molecule has 0 radical (unpaired) electrons. The van der Waals surface area contributed by atoms with Gasteiger partial charge in [0.1, 0.15) is 6.33 Å². The van der Waals surface area contributed by atoms with Gasteiger partial charge in [-0.1, -0.05) is 24.3 Å². The summed E-state index contributed by atoms with van der Waals surface area (Å²) in [4.78, 5) is 29.3. The Balaban J connectivity index is 1.55. The maximum atomic E-state index is 12.4. The molecule has 0 atom stereocenters. The Hall–Kier alpha value is -4.13. The van der Waals surface area contributed by atoms with Gasteiger partial charge in [0.25, 0.3) is 5.91 Å². The summed E-state index contributed by atoms with van der Waals surface area (Å²) < 4.78 is 0. The van der Waals surface area contributed by atoms with Crippen LogP contribution in [-0.2, 0) is 0 Å². The molecule has 0 bridgehead atoms. The molecule has 1 amide bonds. The Bertz CT molecular complexity index is 1130. The third kappa shape index (κ3) is 4.41. The number of amides is 1. The van der Waals surface area contributed by atoms with Gasteiger partial charge in [-0.05, 0) is 42.8 Å². The van der Waals surface area contributed by atoms with Gasteiger partial charge in [-0.15, -0.1) is 0 Å². The summed E-state index contributed by atoms with van der Waals surface area (Å²) in [6.45, 7) is 1.97. The van der Waals surface area contributed by atoms with Crippen molar-refractivity contribution >= 4 is 23.2 Å². The molecule has 0 aliphatic heterocycles. The highest BCUT2D eigenvalue weighted by Gasteiger charge is 2.09. The smallest absolute Gasteiger partial charge is 0.255 e. The molecule has 0 unspecified atom stereocenters. The highest BCUT2D eigenvalue weighted by atomic mass is 16.1. The second-order valence-electron chi connectivity index (χ2n) is 6.37. The predicted molar refractivity (Wildman–Crippen MR) is 112 cm³/mol. The quantitative estimate of drug-likeness (QED) is 0.536. The first-order chi connectivity index (χ1) is 14.2. The number of hydrogen-bond donors (Lipinski definition) is 2. The van der Waals surface area contributed by atoms with E-state index in [1.54, 1.807) is 36.8 Å². The zero-order valence-electron chi connectivity index (χ0n) is 15.7. The fourth-order valence-electron chi connectivity index (χ4n) is 2.76. The molecule has 2 N–H and O–H groups in total. The second-order valence-corrected chi connectivity index (χ2v) is 6.37. The molecule has 0 aliphatic rings. The molecule has 29 heavy (non-hydrogen) atoms. The minimum Gasteiger partial charge on any atom is -0.324 e. The van der Waals surface area contributed by atoms with E-state index < -0.39 is 0 Å². The van der Waals surface area contributed by atoms with Crippen molar-refractivity contribution in [2.24, 2.45) is 0 Å². The summed E-state index contributed by atoms with van der Waals surface area (Å²) in [7, 11) is 0. The van der Waals surface area contributed by atoms with E-state index >= 15 is 0 Å². The number of benzene rings is 2. The van der Waals surface area contributed by atoms with Crippen molar-refractivity contribution in [3.8, 4) is 11.3 Å². The first kappa shape index (κ1) is 18.2. The van der Waals surface area contributed by atoms with Crippen LogP contribution in [0.5, 0.6) is 0 Å². The maximum Gasteiger partial charge on any atom is 0.255 e. The van der Waals surface area contributed by atoms with Gasteiger partial charge >= 0.3 is 0 Å². The molecule has 2 aromatic heterocycles. The van der Waals surface area contributed by atoms with Crippen molar-refractivity contribution in [3.63, 3.8) is 0 Å². The van der Waals surface area contributed by atoms with Gasteiger partial charge in [-0.3, -0.25) is 4.79 Å². The highest BCUT2D eigenvalue weighted by molar-refractivity contribution is 6.04. The number of nitrogens with one attached hydrogen (secondary N) is 2. The molecule has 4 rings (SSSR count). The summed E-state index contributed by atoms with van der Waals surface area (Å²) in [6.07, 6.45) is 6.55. The Kier molecular flexibility index (Phi) is 5.20. The van der Waals surface area contributed by atoms with Crippen LogP contribution in [0.1, 0.15) is 15.9 Å². The SMILES string of the molecule is Cc1ccc(NC(=O)c2ccccc2)cc1Nc1nccc(-c2cncnc2)n1. The summed E-state index contributed by atoms with van der Waals surface area (Å²) >= 11 is 0. The summed E-state index contributed by atoms with van der Waals surface area (Å²) in [5, 5.41) is 6.13. The molecule has 2 heterocycles. The standard InChI is InChI=1S/C22H18N6O/c1-15-7-8-18(26-21(29)16-5-3-2-4-6-16)11-20(15)28-22-25-10-9-19(27-22)17-12-23-14-24-13-17/h2-14H,1H3,(H,26,29)(H,25,27,28). The van der Waals surface area contributed by atoms with Crippen molar-refractivity contribution in [1.29, 1.82) is 0 Å². The van der Waals surface area contributed by atoms with Crippen molar-refractivity contribution in [2.75, 3.05) is 10.6 Å². The Labute approximate surface area is 167 Å². The van der Waals surface area contributed by atoms with Gasteiger partial charge in [0.2, 0.25) is 5.95 Å². The second kappa shape index (κ2) is 8.26. The van der Waals surface area contributed by atoms with E-state index in [0.29, 0.717) is 22.9 Å². The van der Waals surface area contributed by atoms with E-state index in [9.17, 15) is 4.79 Å². The van der Waals surface area contributed by atoms with Gasteiger partial charge in [0.15, 0.2) is 0 Å². The molecule has 0 spiro atoms. The fourth-order valence-corrected chi connectivity index (χ4v) is 2.76. The van der Waals surface area contributed by atoms with Gasteiger partial charge in [0.05, 0.1) is 5.69 Å². The molecule has 7 heteroatoms. The fraction of sp³-hybridized carbons (Fsp3) is 0.0455. The Morgan fingerprint density at radius 1 is 0.966 bits per heavy atom. The lowest BCUT2D eigenvalue weighted by Gasteiger charge is -2.12. The normalized spacial score (nSPS) is 10.4. The van der Waals surface area contributed by atoms with Crippen molar-refractivity contribution < 1.29 is 4.79 Å². The molecular weight excluding hydrogens is 364 g/mol. The molecule has 0 saturated heterocycles. The average molecular weight is 382 g/mol. The zero-order chi connectivity index (χ0) is 20.1. The first-order valence-electron chi connectivity index (χ1n) is 9.01. The van der Waals surface area contributed by atoms with Crippen LogP contribution in [0, 0.1) is 6.92 Å². The zero-order valence-corrected chi connectivity index (χ0v) is 15.7. The van der Waals surface area contributed by atoms with E-state index in [0.717, 1.165) is 16.8 Å². The third-order valence-electron chi connectivity index (χ3n) is 4.29. The molecule has 2 aromatic carbocycles. The van der Waals surface area contributed by atoms with Crippen LogP contribution in [0.3, 0.4) is 0 Å². The maximum absolute atomic E-state index is 12.4. The van der Waals surface area contributed by atoms with Crippen LogP contribution in [0.15, 0.2) is 79.5 Å². The van der Waals surface area contributed by atoms with Crippen LogP contribution in [0.2, 0.25) is 0 Å². The predicted octanol–water partition coefficient (Wildman–Crippen LogP) is 4.24. The molecule has 7 nitrogen and oxygen atoms in total. The minimum atomic E-state index is -0.164. The number of carbonyl (C=O) groups excluding carboxylic acids is 1. The van der Waals surface area contributed by atoms with Crippen LogP contribution in [0.25, 0.3) is 11.3 Å². The summed E-state index contributed by atoms with van der Waals surface area (Å²) in [5.74, 6) is 0.281. The number of anilines is 3. The lowest BCUT2D eigenvalue weighted by molar-refractivity contribution is 0.102. The van der Waals surface area contributed by atoms with E-state index in [1.165, 1.54) is 6.33 Å². The van der Waals surface area contributed by atoms with Gasteiger partial charge < -0.3 is 10.6 Å². The number of aromatic nitrogens is 4. The van der Waals surface area contributed by atoms with Crippen LogP contribution in [0.4, 0.5) is 17.3 Å². The Morgan fingerprint density at radius 3 is 2.55 bits per heavy atom. The number of aryl methyl sites for hydroxylation is 1. The summed E-state index contributed by atoms with van der Waals surface area (Å²) in [6, 6.07) is 16.5. The largest absolute Gasteiger partial charge is 0.324 e. The number of nitrogens with zero attached hydrogens (tertiary/aromatic N) is 4. The van der Waals surface area contributed by atoms with Crippen LogP contribution >= 0.6 is 0 Å². The van der Waals surface area contributed by atoms with E-state index in [2.05, 4.69) is 30.6 Å². The number of carbonyl (C=O) groups is 1. The molecular formula is C22H18N6O. The molecule has 0 aliphatic carbocycles. The Morgan fingerprint density at radius 2 is 1.76 bits per heavy atom. The molecule has 0 saturated carbocycles. The van der Waals surface area contributed by atoms with E-state index in [4.69, 9.17) is 0 Å². The molecule has 142 valence electrons. The topological polar surface area (TPSA) is 92.7 Å². The monoisotopic (exact) mass is 382 g/mol. The van der Waals surface area contributed by atoms with Gasteiger partial charge in [-0.2, -0.15) is 0 Å². The lowest BCUT2D eigenvalue weighted by Crippen LogP contribution is -2.12. The van der Waals surface area contributed by atoms with Crippen LogP contribution in [-0.4, -0.2) is 25.8 Å². The van der Waals surface area contributed by atoms with Gasteiger partial charge in [-0.25, -0.2) is 19.9 Å². The third-order valence-corrected chi connectivity index (χ3v) is 4.29. The molecule has 4 aromatic rings. The number of rotatable bonds is 5. The van der Waals surface area contributed by atoms with Crippen LogP contribution < -0.4 is 10.6 Å².